The van der Waals surface area contributed by atoms with E-state index in [0.717, 1.165) is 12.4 Å². The second-order valence-corrected chi connectivity index (χ2v) is 2.22. The van der Waals surface area contributed by atoms with Crippen molar-refractivity contribution in [1.29, 1.82) is 0 Å². The fourth-order valence-corrected chi connectivity index (χ4v) is 0.616. The quantitative estimate of drug-likeness (QED) is 0.613. The van der Waals surface area contributed by atoms with Gasteiger partial charge >= 0.3 is 19.5 Å². The molecule has 0 fully saturated rings. The number of hydrogen-bond acceptors (Lipinski definition) is 5. The van der Waals surface area contributed by atoms with Gasteiger partial charge in [-0.3, -0.25) is 0 Å². The average molecular weight is 208 g/mol. The highest BCUT2D eigenvalue weighted by molar-refractivity contribution is 6.58. The maximum atomic E-state index is 11.6. The van der Waals surface area contributed by atoms with Gasteiger partial charge in [-0.2, -0.15) is 0 Å². The molecule has 9 heteroatoms. The second kappa shape index (κ2) is 3.80. The molecular weight excluding hydrogens is 204 g/mol. The fourth-order valence-electron chi connectivity index (χ4n) is 0.616. The Labute approximate surface area is 76.3 Å². The van der Waals surface area contributed by atoms with E-state index in [-0.39, 0.29) is 5.46 Å². The van der Waals surface area contributed by atoms with Gasteiger partial charge in [0.05, 0.1) is 0 Å². The highest BCUT2D eigenvalue weighted by atomic mass is 19.4. The van der Waals surface area contributed by atoms with E-state index >= 15 is 0 Å². The zero-order chi connectivity index (χ0) is 10.8. The molecule has 0 saturated carbocycles. The van der Waals surface area contributed by atoms with Crippen LogP contribution < -0.4 is 10.2 Å². The Kier molecular flexibility index (Phi) is 2.92. The lowest BCUT2D eigenvalue weighted by molar-refractivity contribution is -0.277. The molecule has 0 amide bonds. The summed E-state index contributed by atoms with van der Waals surface area (Å²) in [5.74, 6) is 0. The molecule has 14 heavy (non-hydrogen) atoms. The molecule has 0 spiro atoms. The van der Waals surface area contributed by atoms with Gasteiger partial charge in [0.25, 0.3) is 0 Å². The number of ether oxygens (including phenoxy) is 1. The van der Waals surface area contributed by atoms with E-state index in [1.54, 1.807) is 0 Å². The van der Waals surface area contributed by atoms with Crippen LogP contribution in [-0.4, -0.2) is 33.5 Å². The summed E-state index contributed by atoms with van der Waals surface area (Å²) in [4.78, 5) is 6.22. The van der Waals surface area contributed by atoms with Crippen molar-refractivity contribution in [3.05, 3.63) is 12.4 Å². The van der Waals surface area contributed by atoms with Crippen LogP contribution in [0.2, 0.25) is 0 Å². The average Bonchev–Trinajstić information content (AvgIpc) is 2.02. The predicted octanol–water partition coefficient (Wildman–Crippen LogP) is -0.945. The molecule has 0 aliphatic carbocycles. The summed E-state index contributed by atoms with van der Waals surface area (Å²) >= 11 is 0. The Morgan fingerprint density at radius 1 is 1.21 bits per heavy atom. The van der Waals surface area contributed by atoms with Gasteiger partial charge in [0.1, 0.15) is 0 Å². The Bertz CT molecular complexity index is 302. The van der Waals surface area contributed by atoms with Crippen molar-refractivity contribution in [3.8, 4) is 6.01 Å². The molecule has 1 aromatic rings. The maximum Gasteiger partial charge on any atom is 0.575 e. The minimum atomic E-state index is -4.86. The second-order valence-electron chi connectivity index (χ2n) is 2.22. The monoisotopic (exact) mass is 208 g/mol. The minimum absolute atomic E-state index is 0.125. The lowest BCUT2D eigenvalue weighted by Gasteiger charge is -2.06. The highest BCUT2D eigenvalue weighted by Crippen LogP contribution is 2.17. The normalized spacial score (nSPS) is 11.2. The van der Waals surface area contributed by atoms with Gasteiger partial charge in [-0.15, -0.1) is 13.2 Å². The molecule has 5 nitrogen and oxygen atoms in total. The van der Waals surface area contributed by atoms with Crippen molar-refractivity contribution in [2.45, 2.75) is 6.36 Å². The Hall–Kier alpha value is -1.35. The first kappa shape index (κ1) is 10.7. The van der Waals surface area contributed by atoms with Crippen LogP contribution in [0.1, 0.15) is 0 Å². The molecule has 0 saturated heterocycles. The maximum absolute atomic E-state index is 11.6. The van der Waals surface area contributed by atoms with Crippen LogP contribution in [0, 0.1) is 0 Å². The van der Waals surface area contributed by atoms with Crippen LogP contribution in [0.15, 0.2) is 12.4 Å². The summed E-state index contributed by atoms with van der Waals surface area (Å²) < 4.78 is 38.1. The van der Waals surface area contributed by atoms with Crippen molar-refractivity contribution >= 4 is 12.6 Å². The van der Waals surface area contributed by atoms with Gasteiger partial charge in [0.15, 0.2) is 0 Å². The lowest BCUT2D eigenvalue weighted by atomic mass is 9.83. The number of aromatic nitrogens is 2. The van der Waals surface area contributed by atoms with Crippen molar-refractivity contribution in [3.63, 3.8) is 0 Å². The van der Waals surface area contributed by atoms with Crippen molar-refractivity contribution < 1.29 is 28.0 Å². The number of rotatable bonds is 2. The summed E-state index contributed by atoms with van der Waals surface area (Å²) in [5.41, 5.74) is -0.125. The lowest BCUT2D eigenvalue weighted by Crippen LogP contribution is -2.31. The number of halogens is 3. The van der Waals surface area contributed by atoms with Gasteiger partial charge in [-0.1, -0.05) is 0 Å². The molecule has 0 atom stereocenters. The van der Waals surface area contributed by atoms with Crippen molar-refractivity contribution in [1.82, 2.24) is 9.97 Å². The van der Waals surface area contributed by atoms with E-state index in [9.17, 15) is 13.2 Å². The van der Waals surface area contributed by atoms with E-state index in [4.69, 9.17) is 10.0 Å². The van der Waals surface area contributed by atoms with E-state index in [1.165, 1.54) is 0 Å². The summed E-state index contributed by atoms with van der Waals surface area (Å²) in [6.45, 7) is 0. The summed E-state index contributed by atoms with van der Waals surface area (Å²) in [7, 11) is -1.82. The SMILES string of the molecule is OB(O)c1cnc(OC(F)(F)F)nc1. The molecule has 1 heterocycles. The van der Waals surface area contributed by atoms with E-state index in [0.29, 0.717) is 0 Å². The Morgan fingerprint density at radius 3 is 2.07 bits per heavy atom. The number of nitrogens with zero attached hydrogens (tertiary/aromatic N) is 2. The van der Waals surface area contributed by atoms with Crippen LogP contribution in [0.3, 0.4) is 0 Å². The Morgan fingerprint density at radius 2 is 1.71 bits per heavy atom. The third-order valence-corrected chi connectivity index (χ3v) is 1.15. The molecule has 0 bridgehead atoms. The molecule has 0 radical (unpaired) electrons. The molecule has 0 unspecified atom stereocenters. The standard InChI is InChI=1S/C5H4BF3N2O3/c7-5(8,9)14-4-10-1-3(2-11-4)6(12)13/h1-2,12-13H. The molecule has 2 N–H and O–H groups in total. The molecular formula is C5H4BF3N2O3. The first-order valence-corrected chi connectivity index (χ1v) is 3.32. The minimum Gasteiger partial charge on any atom is -0.423 e. The fraction of sp³-hybridized carbons (Fsp3) is 0.200. The van der Waals surface area contributed by atoms with Crippen molar-refractivity contribution in [2.24, 2.45) is 0 Å². The smallest absolute Gasteiger partial charge is 0.423 e. The van der Waals surface area contributed by atoms with Gasteiger partial charge in [0, 0.05) is 17.9 Å². The van der Waals surface area contributed by atoms with E-state index in [2.05, 4.69) is 14.7 Å². The molecule has 1 rings (SSSR count). The van der Waals surface area contributed by atoms with E-state index < -0.39 is 19.5 Å². The Balaban J connectivity index is 2.74. The van der Waals surface area contributed by atoms with Gasteiger partial charge in [0.2, 0.25) is 0 Å². The summed E-state index contributed by atoms with van der Waals surface area (Å²) in [6.07, 6.45) is -3.23. The van der Waals surface area contributed by atoms with Crippen LogP contribution in [0.25, 0.3) is 0 Å². The van der Waals surface area contributed by atoms with Gasteiger partial charge < -0.3 is 14.8 Å². The van der Waals surface area contributed by atoms with Crippen molar-refractivity contribution in [2.75, 3.05) is 0 Å². The van der Waals surface area contributed by atoms with Crippen LogP contribution in [-0.2, 0) is 0 Å². The first-order chi connectivity index (χ1) is 6.38. The van der Waals surface area contributed by atoms with Crippen LogP contribution in [0.4, 0.5) is 13.2 Å². The molecule has 76 valence electrons. The summed E-state index contributed by atoms with van der Waals surface area (Å²) in [5, 5.41) is 17.1. The number of hydrogen-bond donors (Lipinski definition) is 2. The summed E-state index contributed by atoms with van der Waals surface area (Å²) in [6, 6.07) is -0.901. The highest BCUT2D eigenvalue weighted by Gasteiger charge is 2.32. The van der Waals surface area contributed by atoms with Gasteiger partial charge in [-0.05, 0) is 0 Å². The largest absolute Gasteiger partial charge is 0.575 e. The van der Waals surface area contributed by atoms with Crippen LogP contribution in [0.5, 0.6) is 6.01 Å². The molecule has 0 aliphatic rings. The predicted molar refractivity (Wildman–Crippen MR) is 38.5 cm³/mol. The molecule has 0 aliphatic heterocycles. The van der Waals surface area contributed by atoms with Gasteiger partial charge in [-0.25, -0.2) is 9.97 Å². The zero-order valence-corrected chi connectivity index (χ0v) is 6.56. The first-order valence-electron chi connectivity index (χ1n) is 3.32. The number of alkyl halides is 3. The molecule has 1 aromatic heterocycles. The van der Waals surface area contributed by atoms with Crippen LogP contribution >= 0.6 is 0 Å². The molecule has 0 aromatic carbocycles. The van der Waals surface area contributed by atoms with E-state index in [1.807, 2.05) is 0 Å². The zero-order valence-electron chi connectivity index (χ0n) is 6.56. The topological polar surface area (TPSA) is 75.5 Å². The third kappa shape index (κ3) is 3.19. The third-order valence-electron chi connectivity index (χ3n) is 1.15.